The Kier molecular flexibility index (Phi) is 5.93. The molecule has 4 rings (SSSR count). The summed E-state index contributed by atoms with van der Waals surface area (Å²) in [4.78, 5) is 18.3. The number of rotatable bonds is 5. The van der Waals surface area contributed by atoms with Gasteiger partial charge in [0.25, 0.3) is 0 Å². The number of nitrogens with one attached hydrogen (secondary N) is 1. The minimum absolute atomic E-state index is 0.0604. The summed E-state index contributed by atoms with van der Waals surface area (Å²) in [6.07, 6.45) is 8.25. The van der Waals surface area contributed by atoms with Crippen LogP contribution in [0, 0.1) is 11.3 Å². The Morgan fingerprint density at radius 1 is 1.28 bits per heavy atom. The van der Waals surface area contributed by atoms with Crippen molar-refractivity contribution in [2.75, 3.05) is 11.9 Å². The predicted molar refractivity (Wildman–Crippen MR) is 126 cm³/mol. The van der Waals surface area contributed by atoms with E-state index in [1.807, 2.05) is 36.5 Å². The first kappa shape index (κ1) is 21.5. The Morgan fingerprint density at radius 2 is 2.12 bits per heavy atom. The highest BCUT2D eigenvalue weighted by Crippen LogP contribution is 2.32. The van der Waals surface area contributed by atoms with Gasteiger partial charge >= 0.3 is 0 Å². The Bertz CT molecular complexity index is 1220. The van der Waals surface area contributed by atoms with Crippen molar-refractivity contribution in [2.24, 2.45) is 0 Å². The summed E-state index contributed by atoms with van der Waals surface area (Å²) >= 11 is 0. The first-order valence-electron chi connectivity index (χ1n) is 10.7. The highest BCUT2D eigenvalue weighted by molar-refractivity contribution is 5.97. The number of fused-ring (bicyclic) bond motifs is 1. The minimum Gasteiger partial charge on any atom is -0.390 e. The number of benzene rings is 2. The van der Waals surface area contributed by atoms with E-state index in [9.17, 15) is 15.2 Å². The number of nitrogens with zero attached hydrogens (tertiary/aromatic N) is 3. The van der Waals surface area contributed by atoms with E-state index < -0.39 is 5.60 Å². The van der Waals surface area contributed by atoms with Gasteiger partial charge in [0.15, 0.2) is 0 Å². The number of amides is 1. The van der Waals surface area contributed by atoms with E-state index >= 15 is 0 Å². The third-order valence-electron chi connectivity index (χ3n) is 5.51. The smallest absolute Gasteiger partial charge is 0.229 e. The molecule has 6 nitrogen and oxygen atoms in total. The Balaban J connectivity index is 1.60. The molecule has 162 valence electrons. The van der Waals surface area contributed by atoms with Gasteiger partial charge in [0.1, 0.15) is 0 Å². The number of hydrogen-bond donors (Lipinski definition) is 2. The monoisotopic (exact) mass is 426 g/mol. The molecule has 1 atom stereocenters. The van der Waals surface area contributed by atoms with E-state index in [1.54, 1.807) is 37.2 Å². The lowest BCUT2D eigenvalue weighted by molar-refractivity contribution is -0.132. The van der Waals surface area contributed by atoms with Gasteiger partial charge in [0.05, 0.1) is 23.7 Å². The molecular weight excluding hydrogens is 400 g/mol. The lowest BCUT2D eigenvalue weighted by Gasteiger charge is -2.29. The van der Waals surface area contributed by atoms with Crippen molar-refractivity contribution in [1.82, 2.24) is 9.88 Å². The molecule has 0 radical (unpaired) electrons. The third-order valence-corrected chi connectivity index (χ3v) is 5.51. The molecule has 2 aromatic carbocycles. The van der Waals surface area contributed by atoms with Crippen LogP contribution in [0.5, 0.6) is 0 Å². The zero-order valence-electron chi connectivity index (χ0n) is 18.2. The fraction of sp³-hybridized carbons (Fsp3) is 0.269. The number of pyridine rings is 1. The van der Waals surface area contributed by atoms with E-state index in [0.29, 0.717) is 12.1 Å². The average Bonchev–Trinajstić information content (AvgIpc) is 2.78. The number of aromatic nitrogens is 1. The maximum atomic E-state index is 12.4. The molecule has 0 bridgehead atoms. The van der Waals surface area contributed by atoms with Crippen LogP contribution in [0.4, 0.5) is 5.69 Å². The van der Waals surface area contributed by atoms with Crippen LogP contribution in [-0.4, -0.2) is 39.1 Å². The first-order valence-corrected chi connectivity index (χ1v) is 10.7. The van der Waals surface area contributed by atoms with Crippen LogP contribution in [0.25, 0.3) is 21.9 Å². The summed E-state index contributed by atoms with van der Waals surface area (Å²) in [7, 11) is 0. The molecule has 0 aliphatic carbocycles. The highest BCUT2D eigenvalue weighted by atomic mass is 16.3. The molecule has 2 N–H and O–H groups in total. The molecule has 2 heterocycles. The van der Waals surface area contributed by atoms with Crippen LogP contribution in [0.15, 0.2) is 67.1 Å². The quantitative estimate of drug-likeness (QED) is 0.629. The summed E-state index contributed by atoms with van der Waals surface area (Å²) in [6.45, 7) is 3.87. The Hall–Kier alpha value is -3.69. The molecule has 1 aliphatic heterocycles. The van der Waals surface area contributed by atoms with Crippen LogP contribution in [-0.2, 0) is 4.79 Å². The van der Waals surface area contributed by atoms with Gasteiger partial charge in [-0.3, -0.25) is 9.78 Å². The average molecular weight is 427 g/mol. The van der Waals surface area contributed by atoms with E-state index in [0.717, 1.165) is 34.0 Å². The van der Waals surface area contributed by atoms with Crippen LogP contribution < -0.4 is 5.32 Å². The van der Waals surface area contributed by atoms with Gasteiger partial charge in [-0.25, -0.2) is 0 Å². The van der Waals surface area contributed by atoms with Gasteiger partial charge in [-0.1, -0.05) is 12.1 Å². The first-order chi connectivity index (χ1) is 15.3. The van der Waals surface area contributed by atoms with Crippen molar-refractivity contribution >= 4 is 22.4 Å². The molecule has 1 amide bonds. The zero-order valence-corrected chi connectivity index (χ0v) is 18.2. The molecule has 3 aromatic rings. The van der Waals surface area contributed by atoms with Crippen LogP contribution in [0.3, 0.4) is 0 Å². The predicted octanol–water partition coefficient (Wildman–Crippen LogP) is 4.46. The zero-order chi connectivity index (χ0) is 22.7. The molecule has 0 saturated carbocycles. The van der Waals surface area contributed by atoms with E-state index in [2.05, 4.69) is 28.5 Å². The number of aliphatic hydroxyl groups is 1. The van der Waals surface area contributed by atoms with Crippen molar-refractivity contribution in [1.29, 1.82) is 5.26 Å². The van der Waals surface area contributed by atoms with Gasteiger partial charge in [0.2, 0.25) is 5.91 Å². The lowest BCUT2D eigenvalue weighted by Crippen LogP contribution is -2.38. The van der Waals surface area contributed by atoms with Gasteiger partial charge < -0.3 is 15.3 Å². The van der Waals surface area contributed by atoms with Gasteiger partial charge in [-0.15, -0.1) is 0 Å². The normalized spacial score (nSPS) is 16.1. The van der Waals surface area contributed by atoms with E-state index in [1.165, 1.54) is 0 Å². The second kappa shape index (κ2) is 8.81. The summed E-state index contributed by atoms with van der Waals surface area (Å²) in [5.41, 5.74) is 2.56. The summed E-state index contributed by atoms with van der Waals surface area (Å²) in [5.74, 6) is -0.0822. The molecule has 6 heteroatoms. The molecule has 0 spiro atoms. The minimum atomic E-state index is -1.02. The maximum absolute atomic E-state index is 12.4. The summed E-state index contributed by atoms with van der Waals surface area (Å²) in [6, 6.07) is 16.0. The van der Waals surface area contributed by atoms with Gasteiger partial charge in [-0.2, -0.15) is 5.26 Å². The van der Waals surface area contributed by atoms with Gasteiger partial charge in [0, 0.05) is 42.3 Å². The molecule has 0 fully saturated rings. The molecule has 32 heavy (non-hydrogen) atoms. The summed E-state index contributed by atoms with van der Waals surface area (Å²) in [5, 5.41) is 24.8. The molecular formula is C26H26N4O2. The van der Waals surface area contributed by atoms with Crippen molar-refractivity contribution in [3.8, 4) is 17.2 Å². The topological polar surface area (TPSA) is 89.2 Å². The standard InChI is InChI=1S/C26H26N4O2/c1-26(2,32)15-25(31)30-10-7-22(8-11-30)29-24-14-21(13-20-6-9-28-17-23(20)24)19-5-3-4-18(12-19)16-27/h3-7,9-10,12-14,17,22,29,32H,8,11,15H2,1-2H3. The molecule has 1 unspecified atom stereocenters. The maximum Gasteiger partial charge on any atom is 0.229 e. The largest absolute Gasteiger partial charge is 0.390 e. The highest BCUT2D eigenvalue weighted by Gasteiger charge is 2.24. The van der Waals surface area contributed by atoms with Crippen LogP contribution in [0.1, 0.15) is 32.3 Å². The number of hydrogen-bond acceptors (Lipinski definition) is 5. The number of carbonyl (C=O) groups is 1. The molecule has 1 aromatic heterocycles. The van der Waals surface area contributed by atoms with E-state index in [4.69, 9.17) is 0 Å². The second-order valence-corrected chi connectivity index (χ2v) is 8.77. The SMILES string of the molecule is CC(C)(O)CC(=O)N1C=CC(Nc2cc(-c3cccc(C#N)c3)cc3ccncc23)CC1. The van der Waals surface area contributed by atoms with Crippen molar-refractivity contribution in [2.45, 2.75) is 38.3 Å². The fourth-order valence-electron chi connectivity index (χ4n) is 3.91. The van der Waals surface area contributed by atoms with Crippen molar-refractivity contribution < 1.29 is 9.90 Å². The summed E-state index contributed by atoms with van der Waals surface area (Å²) < 4.78 is 0. The third kappa shape index (κ3) is 4.96. The second-order valence-electron chi connectivity index (χ2n) is 8.77. The fourth-order valence-corrected chi connectivity index (χ4v) is 3.91. The van der Waals surface area contributed by atoms with Crippen LogP contribution >= 0.6 is 0 Å². The molecule has 1 aliphatic rings. The van der Waals surface area contributed by atoms with E-state index in [-0.39, 0.29) is 18.4 Å². The number of nitriles is 1. The van der Waals surface area contributed by atoms with Gasteiger partial charge in [-0.05, 0) is 73.2 Å². The number of carbonyl (C=O) groups excluding carboxylic acids is 1. The Morgan fingerprint density at radius 3 is 2.84 bits per heavy atom. The van der Waals surface area contributed by atoms with Crippen LogP contribution in [0.2, 0.25) is 0 Å². The Labute approximate surface area is 187 Å². The van der Waals surface area contributed by atoms with Crippen molar-refractivity contribution in [3.05, 3.63) is 72.7 Å². The molecule has 0 saturated heterocycles. The lowest BCUT2D eigenvalue weighted by atomic mass is 9.98. The number of anilines is 1. The van der Waals surface area contributed by atoms with Crippen molar-refractivity contribution in [3.63, 3.8) is 0 Å².